The number of rotatable bonds is 4. The predicted octanol–water partition coefficient (Wildman–Crippen LogP) is 1.57. The predicted molar refractivity (Wildman–Crippen MR) is 87.4 cm³/mol. The molecule has 0 radical (unpaired) electrons. The van der Waals surface area contributed by atoms with Gasteiger partial charge in [0.15, 0.2) is 0 Å². The van der Waals surface area contributed by atoms with Crippen LogP contribution in [0, 0.1) is 0 Å². The molecule has 1 aliphatic heterocycles. The van der Waals surface area contributed by atoms with Gasteiger partial charge in [0, 0.05) is 23.8 Å². The molecular weight excluding hydrogens is 320 g/mol. The zero-order chi connectivity index (χ0) is 16.8. The molecule has 2 rings (SSSR count). The fraction of sp³-hybridized carbons (Fsp3) is 0.400. The van der Waals surface area contributed by atoms with Crippen LogP contribution in [0.1, 0.15) is 29.6 Å². The maximum Gasteiger partial charge on any atom is 0.318 e. The first-order valence-corrected chi connectivity index (χ1v) is 7.77. The average molecular weight is 339 g/mol. The number of amides is 4. The third kappa shape index (κ3) is 4.85. The smallest absolute Gasteiger partial charge is 0.318 e. The first kappa shape index (κ1) is 17.1. The number of piperidine rings is 1. The van der Waals surface area contributed by atoms with E-state index in [1.165, 1.54) is 0 Å². The molecule has 4 amide bonds. The summed E-state index contributed by atoms with van der Waals surface area (Å²) < 4.78 is 0. The van der Waals surface area contributed by atoms with Crippen LogP contribution in [0.3, 0.4) is 0 Å². The number of hydrogen-bond acceptors (Lipinski definition) is 4. The van der Waals surface area contributed by atoms with Crippen LogP contribution in [0.5, 0.6) is 0 Å². The normalized spacial score (nSPS) is 14.2. The Morgan fingerprint density at radius 3 is 2.52 bits per heavy atom. The molecule has 1 saturated heterocycles. The molecule has 1 aromatic rings. The second-order valence-corrected chi connectivity index (χ2v) is 5.75. The highest BCUT2D eigenvalue weighted by atomic mass is 35.5. The molecule has 0 saturated carbocycles. The number of hydrogen-bond donors (Lipinski definition) is 3. The van der Waals surface area contributed by atoms with Gasteiger partial charge in [0.25, 0.3) is 5.91 Å². The van der Waals surface area contributed by atoms with E-state index < -0.39 is 11.9 Å². The summed E-state index contributed by atoms with van der Waals surface area (Å²) in [5.74, 6) is -0.687. The van der Waals surface area contributed by atoms with Gasteiger partial charge in [0.05, 0.1) is 12.1 Å². The van der Waals surface area contributed by atoms with E-state index in [0.29, 0.717) is 16.3 Å². The van der Waals surface area contributed by atoms with Crippen molar-refractivity contribution < 1.29 is 14.4 Å². The van der Waals surface area contributed by atoms with Crippen molar-refractivity contribution in [3.63, 3.8) is 0 Å². The molecule has 1 aliphatic rings. The topological polar surface area (TPSA) is 105 Å². The Kier molecular flexibility index (Phi) is 5.81. The van der Waals surface area contributed by atoms with Gasteiger partial charge in [-0.05, 0) is 37.5 Å². The van der Waals surface area contributed by atoms with E-state index in [4.69, 9.17) is 17.3 Å². The Morgan fingerprint density at radius 1 is 1.17 bits per heavy atom. The fourth-order valence-electron chi connectivity index (χ4n) is 2.47. The van der Waals surface area contributed by atoms with E-state index in [2.05, 4.69) is 5.32 Å². The molecule has 0 bridgehead atoms. The van der Waals surface area contributed by atoms with Crippen LogP contribution in [0.25, 0.3) is 0 Å². The van der Waals surface area contributed by atoms with Crippen molar-refractivity contribution >= 4 is 35.1 Å². The van der Waals surface area contributed by atoms with E-state index in [9.17, 15) is 14.4 Å². The lowest BCUT2D eigenvalue weighted by atomic mass is 10.1. The van der Waals surface area contributed by atoms with E-state index in [1.807, 2.05) is 5.32 Å². The summed E-state index contributed by atoms with van der Waals surface area (Å²) in [4.78, 5) is 36.5. The van der Waals surface area contributed by atoms with Crippen LogP contribution in [0.2, 0.25) is 5.02 Å². The van der Waals surface area contributed by atoms with Crippen molar-refractivity contribution in [1.82, 2.24) is 10.2 Å². The number of nitrogens with zero attached hydrogens (tertiary/aromatic N) is 1. The van der Waals surface area contributed by atoms with Crippen molar-refractivity contribution in [2.45, 2.75) is 19.3 Å². The Bertz CT molecular complexity index is 615. The van der Waals surface area contributed by atoms with Gasteiger partial charge in [0.1, 0.15) is 0 Å². The zero-order valence-corrected chi connectivity index (χ0v) is 13.4. The number of halogens is 1. The molecular formula is C15H19ClN4O3. The summed E-state index contributed by atoms with van der Waals surface area (Å²) in [6, 6.07) is 3.92. The molecule has 1 fully saturated rings. The molecule has 8 heteroatoms. The first-order valence-electron chi connectivity index (χ1n) is 7.39. The van der Waals surface area contributed by atoms with Crippen molar-refractivity contribution in [2.75, 3.05) is 25.0 Å². The number of carbonyl (C=O) groups is 3. The highest BCUT2D eigenvalue weighted by Crippen LogP contribution is 2.23. The number of anilines is 1. The number of primary amides is 1. The van der Waals surface area contributed by atoms with Crippen molar-refractivity contribution in [2.24, 2.45) is 5.73 Å². The van der Waals surface area contributed by atoms with Gasteiger partial charge in [-0.3, -0.25) is 14.9 Å². The minimum Gasteiger partial charge on any atom is -0.375 e. The molecule has 4 N–H and O–H groups in total. The maximum absolute atomic E-state index is 12.6. The Hall–Kier alpha value is -2.28. The maximum atomic E-state index is 12.6. The highest BCUT2D eigenvalue weighted by Gasteiger charge is 2.21. The van der Waals surface area contributed by atoms with Gasteiger partial charge in [-0.2, -0.15) is 0 Å². The second-order valence-electron chi connectivity index (χ2n) is 5.31. The van der Waals surface area contributed by atoms with Crippen LogP contribution in [0.15, 0.2) is 18.2 Å². The summed E-state index contributed by atoms with van der Waals surface area (Å²) >= 11 is 5.97. The number of nitrogens with two attached hydrogens (primary N) is 1. The van der Waals surface area contributed by atoms with Crippen LogP contribution >= 0.6 is 11.6 Å². The van der Waals surface area contributed by atoms with Crippen LogP contribution < -0.4 is 16.4 Å². The lowest BCUT2D eigenvalue weighted by Gasteiger charge is -2.27. The fourth-order valence-corrected chi connectivity index (χ4v) is 2.65. The number of likely N-dealkylation sites (tertiary alicyclic amines) is 1. The van der Waals surface area contributed by atoms with E-state index in [-0.39, 0.29) is 12.5 Å². The molecule has 0 aromatic heterocycles. The molecule has 1 aromatic carbocycles. The van der Waals surface area contributed by atoms with Gasteiger partial charge < -0.3 is 16.0 Å². The molecule has 1 heterocycles. The van der Waals surface area contributed by atoms with Crippen LogP contribution in [-0.2, 0) is 4.79 Å². The number of nitrogens with one attached hydrogen (secondary N) is 2. The summed E-state index contributed by atoms with van der Waals surface area (Å²) in [5, 5.41) is 5.22. The van der Waals surface area contributed by atoms with E-state index >= 15 is 0 Å². The van der Waals surface area contributed by atoms with E-state index in [0.717, 1.165) is 32.4 Å². The third-order valence-corrected chi connectivity index (χ3v) is 3.79. The van der Waals surface area contributed by atoms with E-state index in [1.54, 1.807) is 23.1 Å². The molecule has 124 valence electrons. The summed E-state index contributed by atoms with van der Waals surface area (Å²) in [6.07, 6.45) is 3.11. The second kappa shape index (κ2) is 7.82. The average Bonchev–Trinajstić information content (AvgIpc) is 2.52. The van der Waals surface area contributed by atoms with Crippen molar-refractivity contribution in [1.29, 1.82) is 0 Å². The minimum absolute atomic E-state index is 0.0980. The molecule has 0 aliphatic carbocycles. The van der Waals surface area contributed by atoms with Gasteiger partial charge in [0.2, 0.25) is 5.91 Å². The minimum atomic E-state index is -0.924. The van der Waals surface area contributed by atoms with Crippen molar-refractivity contribution in [3.8, 4) is 0 Å². The SMILES string of the molecule is NC(=O)NC(=O)CNc1cc(Cl)ccc1C(=O)N1CCCCC1. The molecule has 0 atom stereocenters. The largest absolute Gasteiger partial charge is 0.375 e. The third-order valence-electron chi connectivity index (χ3n) is 3.56. The highest BCUT2D eigenvalue weighted by molar-refractivity contribution is 6.31. The Labute approximate surface area is 139 Å². The first-order chi connectivity index (χ1) is 11.0. The lowest BCUT2D eigenvalue weighted by molar-refractivity contribution is -0.118. The Balaban J connectivity index is 2.11. The van der Waals surface area contributed by atoms with Crippen LogP contribution in [-0.4, -0.2) is 42.4 Å². The molecule has 23 heavy (non-hydrogen) atoms. The number of carbonyl (C=O) groups excluding carboxylic acids is 3. The molecule has 0 unspecified atom stereocenters. The standard InChI is InChI=1S/C15H19ClN4O3/c16-10-4-5-11(14(22)20-6-2-1-3-7-20)12(8-10)18-9-13(21)19-15(17)23/h4-5,8,18H,1-3,6-7,9H2,(H3,17,19,21,23). The summed E-state index contributed by atoms with van der Waals surface area (Å²) in [7, 11) is 0. The van der Waals surface area contributed by atoms with Gasteiger partial charge in [-0.25, -0.2) is 4.79 Å². The number of urea groups is 1. The molecule has 7 nitrogen and oxygen atoms in total. The molecule has 0 spiro atoms. The lowest BCUT2D eigenvalue weighted by Crippen LogP contribution is -2.39. The van der Waals surface area contributed by atoms with Crippen LogP contribution in [0.4, 0.5) is 10.5 Å². The number of imide groups is 1. The monoisotopic (exact) mass is 338 g/mol. The van der Waals surface area contributed by atoms with Gasteiger partial charge in [-0.15, -0.1) is 0 Å². The quantitative estimate of drug-likeness (QED) is 0.775. The van der Waals surface area contributed by atoms with Crippen molar-refractivity contribution in [3.05, 3.63) is 28.8 Å². The summed E-state index contributed by atoms with van der Waals surface area (Å²) in [5.41, 5.74) is 5.78. The van der Waals surface area contributed by atoms with Gasteiger partial charge >= 0.3 is 6.03 Å². The Morgan fingerprint density at radius 2 is 1.87 bits per heavy atom. The zero-order valence-electron chi connectivity index (χ0n) is 12.6. The summed E-state index contributed by atoms with van der Waals surface area (Å²) in [6.45, 7) is 1.26. The van der Waals surface area contributed by atoms with Gasteiger partial charge in [-0.1, -0.05) is 11.6 Å². The number of benzene rings is 1.